The number of aromatic nitrogens is 4. The Morgan fingerprint density at radius 1 is 1.26 bits per heavy atom. The molecule has 0 saturated carbocycles. The van der Waals surface area contributed by atoms with Crippen molar-refractivity contribution >= 4 is 46.1 Å². The van der Waals surface area contributed by atoms with E-state index in [1.54, 1.807) is 31.5 Å². The highest BCUT2D eigenvalue weighted by Gasteiger charge is 2.16. The minimum atomic E-state index is -0.496. The number of fused-ring (bicyclic) bond motifs is 1. The van der Waals surface area contributed by atoms with Gasteiger partial charge in [0.15, 0.2) is 16.3 Å². The molecule has 6 nitrogen and oxygen atoms in total. The summed E-state index contributed by atoms with van der Waals surface area (Å²) in [5.74, 6) is 0.605. The first-order valence-electron chi connectivity index (χ1n) is 6.78. The van der Waals surface area contributed by atoms with E-state index in [9.17, 15) is 9.59 Å². The van der Waals surface area contributed by atoms with Crippen molar-refractivity contribution in [2.75, 3.05) is 5.75 Å². The second-order valence-electron chi connectivity index (χ2n) is 4.89. The predicted octanol–water partition coefficient (Wildman–Crippen LogP) is 2.80. The Kier molecular flexibility index (Phi) is 5.78. The minimum absolute atomic E-state index is 0.341. The molecule has 2 heterocycles. The molecule has 2 rings (SSSR count). The summed E-state index contributed by atoms with van der Waals surface area (Å²) >= 11 is 13.1. The number of H-pyrrole nitrogens is 1. The Balaban J connectivity index is 2.62. The van der Waals surface area contributed by atoms with Gasteiger partial charge >= 0.3 is 5.69 Å². The molecule has 23 heavy (non-hydrogen) atoms. The molecular weight excluding hydrogens is 359 g/mol. The summed E-state index contributed by atoms with van der Waals surface area (Å²) in [6, 6.07) is 0. The number of rotatable bonds is 5. The van der Waals surface area contributed by atoms with Crippen molar-refractivity contribution in [1.82, 2.24) is 19.1 Å². The molecule has 2 aromatic rings. The van der Waals surface area contributed by atoms with Gasteiger partial charge in [-0.25, -0.2) is 9.78 Å². The van der Waals surface area contributed by atoms with Gasteiger partial charge < -0.3 is 4.57 Å². The highest BCUT2D eigenvalue weighted by Crippen LogP contribution is 2.22. The van der Waals surface area contributed by atoms with Crippen molar-refractivity contribution in [2.24, 2.45) is 7.05 Å². The maximum Gasteiger partial charge on any atom is 0.329 e. The number of nitrogens with one attached hydrogen (secondary N) is 1. The molecule has 0 aliphatic heterocycles. The standard InChI is InChI=1S/C14H16Cl2N4O2S/c1-8(15)4-6-20-10-11(19(3)13(22)18-12(10)21)17-14(20)23-7-5-9(2)16/h4-5H,6-7H2,1-3H3,(H,18,21,22)/b8-4-,9-5-. The third-order valence-electron chi connectivity index (χ3n) is 3.10. The van der Waals surface area contributed by atoms with Crippen molar-refractivity contribution in [2.45, 2.75) is 25.5 Å². The number of hydrogen-bond acceptors (Lipinski definition) is 4. The van der Waals surface area contributed by atoms with E-state index in [1.165, 1.54) is 16.3 Å². The lowest BCUT2D eigenvalue weighted by Crippen LogP contribution is -2.29. The smallest absolute Gasteiger partial charge is 0.309 e. The van der Waals surface area contributed by atoms with E-state index in [-0.39, 0.29) is 0 Å². The number of hydrogen-bond donors (Lipinski definition) is 1. The lowest BCUT2D eigenvalue weighted by Gasteiger charge is -2.05. The Bertz CT molecular complexity index is 900. The summed E-state index contributed by atoms with van der Waals surface area (Å²) in [4.78, 5) is 30.6. The third-order valence-corrected chi connectivity index (χ3v) is 4.32. The normalized spacial score (nSPS) is 13.1. The quantitative estimate of drug-likeness (QED) is 0.816. The van der Waals surface area contributed by atoms with Crippen molar-refractivity contribution in [3.8, 4) is 0 Å². The second kappa shape index (κ2) is 7.42. The fourth-order valence-electron chi connectivity index (χ4n) is 1.94. The summed E-state index contributed by atoms with van der Waals surface area (Å²) in [5, 5.41) is 1.91. The average molecular weight is 375 g/mol. The molecule has 0 fully saturated rings. The Hall–Kier alpha value is -1.44. The average Bonchev–Trinajstić information content (AvgIpc) is 2.81. The molecule has 1 N–H and O–H groups in total. The first-order valence-corrected chi connectivity index (χ1v) is 8.52. The topological polar surface area (TPSA) is 72.7 Å². The number of thioether (sulfide) groups is 1. The maximum atomic E-state index is 12.2. The first-order chi connectivity index (χ1) is 10.8. The van der Waals surface area contributed by atoms with Crippen LogP contribution in [-0.2, 0) is 13.6 Å². The Labute approximate surface area is 146 Å². The van der Waals surface area contributed by atoms with E-state index < -0.39 is 11.2 Å². The van der Waals surface area contributed by atoms with E-state index in [4.69, 9.17) is 23.2 Å². The van der Waals surface area contributed by atoms with Crippen LogP contribution >= 0.6 is 35.0 Å². The molecule has 0 aromatic carbocycles. The molecule has 0 saturated heterocycles. The van der Waals surface area contributed by atoms with Crippen LogP contribution in [0.25, 0.3) is 11.2 Å². The van der Waals surface area contributed by atoms with Crippen molar-refractivity contribution in [3.63, 3.8) is 0 Å². The van der Waals surface area contributed by atoms with E-state index in [0.29, 0.717) is 38.7 Å². The first kappa shape index (κ1) is 17.9. The highest BCUT2D eigenvalue weighted by molar-refractivity contribution is 7.99. The van der Waals surface area contributed by atoms with Gasteiger partial charge in [0.2, 0.25) is 0 Å². The molecule has 124 valence electrons. The molecule has 0 radical (unpaired) electrons. The van der Waals surface area contributed by atoms with Crippen LogP contribution in [0, 0.1) is 0 Å². The number of imidazole rings is 1. The van der Waals surface area contributed by atoms with Crippen LogP contribution in [0.2, 0.25) is 0 Å². The van der Waals surface area contributed by atoms with Gasteiger partial charge in [-0.2, -0.15) is 0 Å². The van der Waals surface area contributed by atoms with Gasteiger partial charge in [-0.05, 0) is 13.8 Å². The molecule has 0 atom stereocenters. The van der Waals surface area contributed by atoms with E-state index in [2.05, 4.69) is 9.97 Å². The number of aryl methyl sites for hydroxylation is 1. The van der Waals surface area contributed by atoms with Gasteiger partial charge in [0.1, 0.15) is 0 Å². The third kappa shape index (κ3) is 4.10. The number of nitrogens with zero attached hydrogens (tertiary/aromatic N) is 3. The van der Waals surface area contributed by atoms with Crippen molar-refractivity contribution in [3.05, 3.63) is 43.1 Å². The minimum Gasteiger partial charge on any atom is -0.309 e. The van der Waals surface area contributed by atoms with Gasteiger partial charge in [0, 0.05) is 29.4 Å². The fraction of sp³-hybridized carbons (Fsp3) is 0.357. The molecule has 2 aromatic heterocycles. The number of aromatic amines is 1. The Morgan fingerprint density at radius 3 is 2.52 bits per heavy atom. The van der Waals surface area contributed by atoms with Crippen LogP contribution in [0.5, 0.6) is 0 Å². The van der Waals surface area contributed by atoms with Crippen LogP contribution < -0.4 is 11.2 Å². The summed E-state index contributed by atoms with van der Waals surface area (Å²) in [6.07, 6.45) is 3.63. The molecule has 0 aliphatic rings. The van der Waals surface area contributed by atoms with Gasteiger partial charge in [0.05, 0.1) is 0 Å². The molecule has 9 heteroatoms. The maximum absolute atomic E-state index is 12.2. The van der Waals surface area contributed by atoms with Crippen LogP contribution in [0.1, 0.15) is 13.8 Å². The van der Waals surface area contributed by atoms with E-state index >= 15 is 0 Å². The zero-order valence-corrected chi connectivity index (χ0v) is 15.2. The van der Waals surface area contributed by atoms with Crippen LogP contribution in [0.15, 0.2) is 37.0 Å². The summed E-state index contributed by atoms with van der Waals surface area (Å²) in [7, 11) is 1.57. The largest absolute Gasteiger partial charge is 0.329 e. The fourth-order valence-corrected chi connectivity index (χ4v) is 3.14. The van der Waals surface area contributed by atoms with Gasteiger partial charge in [-0.3, -0.25) is 14.3 Å². The number of halogens is 2. The molecular formula is C14H16Cl2N4O2S. The highest BCUT2D eigenvalue weighted by atomic mass is 35.5. The van der Waals surface area contributed by atoms with Crippen LogP contribution in [0.3, 0.4) is 0 Å². The van der Waals surface area contributed by atoms with Crippen LogP contribution in [0.4, 0.5) is 0 Å². The monoisotopic (exact) mass is 374 g/mol. The number of allylic oxidation sites excluding steroid dienone is 3. The Morgan fingerprint density at radius 2 is 1.91 bits per heavy atom. The van der Waals surface area contributed by atoms with Gasteiger partial charge in [-0.1, -0.05) is 47.1 Å². The van der Waals surface area contributed by atoms with Gasteiger partial charge in [0.25, 0.3) is 5.56 Å². The molecule has 0 spiro atoms. The predicted molar refractivity (Wildman–Crippen MR) is 95.5 cm³/mol. The zero-order chi connectivity index (χ0) is 17.1. The van der Waals surface area contributed by atoms with Crippen molar-refractivity contribution in [1.29, 1.82) is 0 Å². The van der Waals surface area contributed by atoms with E-state index in [0.717, 1.165) is 0 Å². The lowest BCUT2D eigenvalue weighted by molar-refractivity contribution is 0.743. The molecule has 0 amide bonds. The van der Waals surface area contributed by atoms with Gasteiger partial charge in [-0.15, -0.1) is 0 Å². The summed E-state index contributed by atoms with van der Waals surface area (Å²) in [5.41, 5.74) is -0.278. The summed E-state index contributed by atoms with van der Waals surface area (Å²) < 4.78 is 3.05. The van der Waals surface area contributed by atoms with Crippen LogP contribution in [-0.4, -0.2) is 24.9 Å². The summed E-state index contributed by atoms with van der Waals surface area (Å²) in [6.45, 7) is 3.94. The SMILES string of the molecule is C/C(Cl)=C/CSc1nc2c(c(=O)[nH]c(=O)n2C)n1C/C=C(/C)Cl. The zero-order valence-electron chi connectivity index (χ0n) is 12.9. The molecule has 0 unspecified atom stereocenters. The van der Waals surface area contributed by atoms with Crippen molar-refractivity contribution < 1.29 is 0 Å². The van der Waals surface area contributed by atoms with E-state index in [1.807, 2.05) is 6.08 Å². The lowest BCUT2D eigenvalue weighted by atomic mass is 10.4. The molecule has 0 bridgehead atoms. The molecule has 0 aliphatic carbocycles. The second-order valence-corrected chi connectivity index (χ2v) is 7.07.